The molecule has 0 saturated heterocycles. The van der Waals surface area contributed by atoms with Gasteiger partial charge in [-0.15, -0.1) is 0 Å². The molecule has 1 aromatic carbocycles. The standard InChI is InChI=1S/C18H17N3O4/c1-23-13-6-4-12(5-7-13)18(8-9-18)17(22)19-11-15-20-16(25-21-15)14-3-2-10-24-14/h2-7,10H,8-9,11H2,1H3,(H,19,22). The van der Waals surface area contributed by atoms with E-state index in [1.807, 2.05) is 24.3 Å². The Balaban J connectivity index is 1.42. The second kappa shape index (κ2) is 6.08. The van der Waals surface area contributed by atoms with Crippen molar-refractivity contribution in [3.8, 4) is 17.4 Å². The zero-order valence-electron chi connectivity index (χ0n) is 13.7. The van der Waals surface area contributed by atoms with Crippen molar-refractivity contribution in [3.05, 3.63) is 54.0 Å². The van der Waals surface area contributed by atoms with Crippen LogP contribution in [0.1, 0.15) is 24.2 Å². The third-order valence-corrected chi connectivity index (χ3v) is 4.43. The smallest absolute Gasteiger partial charge is 0.293 e. The van der Waals surface area contributed by atoms with Crippen molar-refractivity contribution in [1.29, 1.82) is 0 Å². The molecule has 7 nitrogen and oxygen atoms in total. The topological polar surface area (TPSA) is 90.4 Å². The highest BCUT2D eigenvalue weighted by Gasteiger charge is 2.51. The summed E-state index contributed by atoms with van der Waals surface area (Å²) in [6.07, 6.45) is 3.19. The molecule has 2 aromatic heterocycles. The average Bonchev–Trinajstić information content (AvgIpc) is 3.07. The van der Waals surface area contributed by atoms with Crippen LogP contribution in [0.3, 0.4) is 0 Å². The molecule has 3 aromatic rings. The lowest BCUT2D eigenvalue weighted by molar-refractivity contribution is -0.123. The average molecular weight is 339 g/mol. The molecule has 1 aliphatic rings. The summed E-state index contributed by atoms with van der Waals surface area (Å²) in [5, 5.41) is 6.77. The van der Waals surface area contributed by atoms with Crippen LogP contribution in [0.5, 0.6) is 5.75 Å². The minimum atomic E-state index is -0.458. The molecule has 1 fully saturated rings. The van der Waals surface area contributed by atoms with Crippen LogP contribution < -0.4 is 10.1 Å². The zero-order chi connectivity index (χ0) is 17.3. The monoisotopic (exact) mass is 339 g/mol. The maximum absolute atomic E-state index is 12.6. The van der Waals surface area contributed by atoms with Gasteiger partial charge in [-0.1, -0.05) is 17.3 Å². The predicted molar refractivity (Wildman–Crippen MR) is 87.8 cm³/mol. The highest BCUT2D eigenvalue weighted by molar-refractivity contribution is 5.91. The molecule has 0 radical (unpaired) electrons. The molecular formula is C18H17N3O4. The molecule has 4 rings (SSSR count). The quantitative estimate of drug-likeness (QED) is 0.742. The van der Waals surface area contributed by atoms with Gasteiger partial charge in [-0.25, -0.2) is 0 Å². The van der Waals surface area contributed by atoms with E-state index in [0.29, 0.717) is 17.5 Å². The van der Waals surface area contributed by atoms with Gasteiger partial charge in [0.05, 0.1) is 25.3 Å². The molecule has 1 aliphatic carbocycles. The summed E-state index contributed by atoms with van der Waals surface area (Å²) in [6, 6.07) is 11.1. The molecule has 7 heteroatoms. The van der Waals surface area contributed by atoms with Crippen LogP contribution in [0.4, 0.5) is 0 Å². The number of nitrogens with zero attached hydrogens (tertiary/aromatic N) is 2. The molecule has 0 spiro atoms. The molecule has 25 heavy (non-hydrogen) atoms. The van der Waals surface area contributed by atoms with Crippen LogP contribution in [-0.4, -0.2) is 23.2 Å². The largest absolute Gasteiger partial charge is 0.497 e. The van der Waals surface area contributed by atoms with Crippen LogP contribution >= 0.6 is 0 Å². The number of nitrogens with one attached hydrogen (secondary N) is 1. The fourth-order valence-electron chi connectivity index (χ4n) is 2.84. The maximum atomic E-state index is 12.6. The van der Waals surface area contributed by atoms with Crippen molar-refractivity contribution in [1.82, 2.24) is 15.5 Å². The third-order valence-electron chi connectivity index (χ3n) is 4.43. The van der Waals surface area contributed by atoms with Gasteiger partial charge in [0.1, 0.15) is 5.75 Å². The van der Waals surface area contributed by atoms with E-state index in [1.54, 1.807) is 19.2 Å². The predicted octanol–water partition coefficient (Wildman–Crippen LogP) is 2.69. The SMILES string of the molecule is COc1ccc(C2(C(=O)NCc3noc(-c4ccco4)n3)CC2)cc1. The van der Waals surface area contributed by atoms with Crippen LogP contribution in [0, 0.1) is 0 Å². The van der Waals surface area contributed by atoms with E-state index in [1.165, 1.54) is 6.26 Å². The highest BCUT2D eigenvalue weighted by Crippen LogP contribution is 2.48. The first-order chi connectivity index (χ1) is 12.2. The van der Waals surface area contributed by atoms with Gasteiger partial charge < -0.3 is 19.0 Å². The van der Waals surface area contributed by atoms with E-state index in [2.05, 4.69) is 15.5 Å². The van der Waals surface area contributed by atoms with Crippen LogP contribution in [-0.2, 0) is 16.8 Å². The minimum Gasteiger partial charge on any atom is -0.497 e. The minimum absolute atomic E-state index is 0.0259. The molecule has 1 amide bonds. The lowest BCUT2D eigenvalue weighted by Gasteiger charge is -2.15. The summed E-state index contributed by atoms with van der Waals surface area (Å²) in [5.74, 6) is 1.96. The van der Waals surface area contributed by atoms with E-state index >= 15 is 0 Å². The fraction of sp³-hybridized carbons (Fsp3) is 0.278. The Morgan fingerprint density at radius 3 is 2.72 bits per heavy atom. The van der Waals surface area contributed by atoms with Gasteiger partial charge in [0, 0.05) is 0 Å². The summed E-state index contributed by atoms with van der Waals surface area (Å²) < 4.78 is 15.5. The van der Waals surface area contributed by atoms with Gasteiger partial charge in [-0.2, -0.15) is 4.98 Å². The molecular weight excluding hydrogens is 322 g/mol. The lowest BCUT2D eigenvalue weighted by Crippen LogP contribution is -2.34. The molecule has 1 N–H and O–H groups in total. The van der Waals surface area contributed by atoms with Crippen LogP contribution in [0.15, 0.2) is 51.6 Å². The zero-order valence-corrected chi connectivity index (χ0v) is 13.7. The van der Waals surface area contributed by atoms with E-state index < -0.39 is 5.41 Å². The number of hydrogen-bond acceptors (Lipinski definition) is 6. The summed E-state index contributed by atoms with van der Waals surface area (Å²) in [4.78, 5) is 16.9. The van der Waals surface area contributed by atoms with Crippen LogP contribution in [0.25, 0.3) is 11.7 Å². The van der Waals surface area contributed by atoms with Crippen molar-refractivity contribution >= 4 is 5.91 Å². The van der Waals surface area contributed by atoms with E-state index in [0.717, 1.165) is 24.2 Å². The number of ether oxygens (including phenoxy) is 1. The number of amides is 1. The number of rotatable bonds is 6. The summed E-state index contributed by atoms with van der Waals surface area (Å²) in [6.45, 7) is 0.209. The molecule has 0 bridgehead atoms. The number of carbonyl (C=O) groups is 1. The molecule has 1 saturated carbocycles. The highest BCUT2D eigenvalue weighted by atomic mass is 16.5. The van der Waals surface area contributed by atoms with Crippen LogP contribution in [0.2, 0.25) is 0 Å². The molecule has 0 unspecified atom stereocenters. The summed E-state index contributed by atoms with van der Waals surface area (Å²) in [7, 11) is 1.62. The van der Waals surface area contributed by atoms with Crippen molar-refractivity contribution in [2.75, 3.05) is 7.11 Å². The van der Waals surface area contributed by atoms with Crippen molar-refractivity contribution in [2.24, 2.45) is 0 Å². The van der Waals surface area contributed by atoms with Gasteiger partial charge in [-0.05, 0) is 42.7 Å². The Morgan fingerprint density at radius 2 is 2.08 bits per heavy atom. The third kappa shape index (κ3) is 2.88. The van der Waals surface area contributed by atoms with Crippen molar-refractivity contribution in [2.45, 2.75) is 24.8 Å². The van der Waals surface area contributed by atoms with Crippen molar-refractivity contribution < 1.29 is 18.5 Å². The molecule has 2 heterocycles. The van der Waals surface area contributed by atoms with Gasteiger partial charge in [0.15, 0.2) is 11.6 Å². The van der Waals surface area contributed by atoms with E-state index in [4.69, 9.17) is 13.7 Å². The number of carbonyl (C=O) groups excluding carboxylic acids is 1. The Morgan fingerprint density at radius 1 is 1.28 bits per heavy atom. The molecule has 128 valence electrons. The van der Waals surface area contributed by atoms with Gasteiger partial charge in [0.2, 0.25) is 5.91 Å². The van der Waals surface area contributed by atoms with Gasteiger partial charge >= 0.3 is 0 Å². The first-order valence-electron chi connectivity index (χ1n) is 8.00. The number of benzene rings is 1. The summed E-state index contributed by atoms with van der Waals surface area (Å²) in [5.41, 5.74) is 0.537. The Labute approximate surface area is 144 Å². The van der Waals surface area contributed by atoms with E-state index in [9.17, 15) is 4.79 Å². The van der Waals surface area contributed by atoms with E-state index in [-0.39, 0.29) is 12.5 Å². The van der Waals surface area contributed by atoms with Crippen molar-refractivity contribution in [3.63, 3.8) is 0 Å². The summed E-state index contributed by atoms with van der Waals surface area (Å²) >= 11 is 0. The number of furan rings is 1. The lowest BCUT2D eigenvalue weighted by atomic mass is 9.95. The normalized spacial score (nSPS) is 14.9. The fourth-order valence-corrected chi connectivity index (χ4v) is 2.84. The Hall–Kier alpha value is -3.09. The second-order valence-corrected chi connectivity index (χ2v) is 5.99. The van der Waals surface area contributed by atoms with Gasteiger partial charge in [0.25, 0.3) is 5.89 Å². The number of hydrogen-bond donors (Lipinski definition) is 1. The van der Waals surface area contributed by atoms with Gasteiger partial charge in [-0.3, -0.25) is 4.79 Å². The molecule has 0 aliphatic heterocycles. The number of aromatic nitrogens is 2. The first-order valence-corrected chi connectivity index (χ1v) is 8.00. The Kier molecular flexibility index (Phi) is 3.76. The first kappa shape index (κ1) is 15.4. The number of methoxy groups -OCH3 is 1. The Bertz CT molecular complexity index is 864. The maximum Gasteiger partial charge on any atom is 0.293 e. The second-order valence-electron chi connectivity index (χ2n) is 5.99. The molecule has 0 atom stereocenters.